The minimum atomic E-state index is 0.827. The van der Waals surface area contributed by atoms with Gasteiger partial charge in [-0.15, -0.1) is 0 Å². The average molecular weight is 161 g/mol. The Kier molecular flexibility index (Phi) is 1.40. The summed E-state index contributed by atoms with van der Waals surface area (Å²) in [6.07, 6.45) is 3.91. The van der Waals surface area contributed by atoms with E-state index in [0.29, 0.717) is 0 Å². The molecule has 0 aliphatic carbocycles. The van der Waals surface area contributed by atoms with Crippen LogP contribution in [0.2, 0.25) is 0 Å². The van der Waals surface area contributed by atoms with Crippen LogP contribution in [0.3, 0.4) is 0 Å². The Hall–Kier alpha value is -1.38. The first-order chi connectivity index (χ1) is 5.68. The maximum atomic E-state index is 4.33. The summed E-state index contributed by atoms with van der Waals surface area (Å²) in [6.45, 7) is 3.97. The molecule has 0 spiro atoms. The number of nitrogens with zero attached hydrogens (tertiary/aromatic N) is 3. The molecule has 0 aliphatic rings. The van der Waals surface area contributed by atoms with Crippen LogP contribution in [0.15, 0.2) is 12.4 Å². The van der Waals surface area contributed by atoms with Crippen LogP contribution in [-0.4, -0.2) is 14.5 Å². The van der Waals surface area contributed by atoms with Crippen LogP contribution < -0.4 is 0 Å². The molecule has 0 fully saturated rings. The van der Waals surface area contributed by atoms with Gasteiger partial charge in [-0.1, -0.05) is 0 Å². The summed E-state index contributed by atoms with van der Waals surface area (Å²) in [5, 5.41) is 1.14. The third kappa shape index (κ3) is 0.897. The van der Waals surface area contributed by atoms with E-state index >= 15 is 0 Å². The van der Waals surface area contributed by atoms with E-state index in [1.54, 1.807) is 0 Å². The van der Waals surface area contributed by atoms with E-state index in [1.807, 2.05) is 26.4 Å². The first kappa shape index (κ1) is 7.28. The van der Waals surface area contributed by atoms with Crippen molar-refractivity contribution in [2.45, 2.75) is 13.8 Å². The topological polar surface area (TPSA) is 30.7 Å². The largest absolute Gasteiger partial charge is 0.352 e. The molecule has 0 saturated heterocycles. The lowest BCUT2D eigenvalue weighted by Crippen LogP contribution is -1.86. The first-order valence-electron chi connectivity index (χ1n) is 3.94. The van der Waals surface area contributed by atoms with Crippen LogP contribution in [-0.2, 0) is 7.05 Å². The number of hydrogen-bond donors (Lipinski definition) is 0. The van der Waals surface area contributed by atoms with Gasteiger partial charge in [-0.3, -0.25) is 0 Å². The van der Waals surface area contributed by atoms with Crippen LogP contribution in [0.25, 0.3) is 10.9 Å². The zero-order valence-electron chi connectivity index (χ0n) is 7.50. The normalized spacial score (nSPS) is 10.9. The van der Waals surface area contributed by atoms with Gasteiger partial charge in [-0.2, -0.15) is 0 Å². The fraction of sp³-hybridized carbons (Fsp3) is 0.333. The summed E-state index contributed by atoms with van der Waals surface area (Å²) >= 11 is 0. The Balaban J connectivity index is 2.87. The van der Waals surface area contributed by atoms with E-state index < -0.39 is 0 Å². The van der Waals surface area contributed by atoms with Crippen LogP contribution >= 0.6 is 0 Å². The van der Waals surface area contributed by atoms with Gasteiger partial charge in [0, 0.05) is 30.5 Å². The molecule has 0 radical (unpaired) electrons. The standard InChI is InChI=1S/C9H11N3/c1-6-8-4-10-7(2)11-9(8)5-12(6)3/h4-5H,1-3H3. The number of aromatic nitrogens is 3. The van der Waals surface area contributed by atoms with E-state index in [1.165, 1.54) is 5.69 Å². The fourth-order valence-corrected chi connectivity index (χ4v) is 1.33. The molecule has 0 aromatic carbocycles. The minimum Gasteiger partial charge on any atom is -0.352 e. The third-order valence-electron chi connectivity index (χ3n) is 2.17. The van der Waals surface area contributed by atoms with E-state index in [4.69, 9.17) is 0 Å². The van der Waals surface area contributed by atoms with E-state index in [-0.39, 0.29) is 0 Å². The Morgan fingerprint density at radius 2 is 2.08 bits per heavy atom. The SMILES string of the molecule is Cc1ncc2c(C)n(C)cc2n1. The van der Waals surface area contributed by atoms with Gasteiger partial charge in [0.25, 0.3) is 0 Å². The summed E-state index contributed by atoms with van der Waals surface area (Å²) in [5.74, 6) is 0.827. The molecule has 3 nitrogen and oxygen atoms in total. The lowest BCUT2D eigenvalue weighted by Gasteiger charge is -1.93. The van der Waals surface area contributed by atoms with Crippen LogP contribution in [0, 0.1) is 13.8 Å². The average Bonchev–Trinajstić information content (AvgIpc) is 2.28. The summed E-state index contributed by atoms with van der Waals surface area (Å²) in [6, 6.07) is 0. The Morgan fingerprint density at radius 3 is 2.83 bits per heavy atom. The summed E-state index contributed by atoms with van der Waals surface area (Å²) in [5.41, 5.74) is 2.24. The van der Waals surface area contributed by atoms with Gasteiger partial charge in [-0.25, -0.2) is 9.97 Å². The summed E-state index contributed by atoms with van der Waals surface area (Å²) in [7, 11) is 2.02. The molecule has 0 atom stereocenters. The van der Waals surface area contributed by atoms with Gasteiger partial charge in [0.05, 0.1) is 5.52 Å². The highest BCUT2D eigenvalue weighted by molar-refractivity contribution is 5.80. The second-order valence-corrected chi connectivity index (χ2v) is 3.04. The first-order valence-corrected chi connectivity index (χ1v) is 3.94. The van der Waals surface area contributed by atoms with Crippen molar-refractivity contribution < 1.29 is 0 Å². The highest BCUT2D eigenvalue weighted by Crippen LogP contribution is 2.16. The van der Waals surface area contributed by atoms with Crippen molar-refractivity contribution in [1.29, 1.82) is 0 Å². The van der Waals surface area contributed by atoms with Gasteiger partial charge in [0.2, 0.25) is 0 Å². The molecule has 62 valence electrons. The van der Waals surface area contributed by atoms with Crippen molar-refractivity contribution in [2.24, 2.45) is 7.05 Å². The minimum absolute atomic E-state index is 0.827. The molecule has 2 rings (SSSR count). The Bertz CT molecular complexity index is 429. The van der Waals surface area contributed by atoms with Crippen molar-refractivity contribution in [3.8, 4) is 0 Å². The molecule has 2 heterocycles. The molecule has 2 aromatic heterocycles. The summed E-state index contributed by atoms with van der Waals surface area (Å²) in [4.78, 5) is 8.48. The van der Waals surface area contributed by atoms with Crippen molar-refractivity contribution in [3.63, 3.8) is 0 Å². The molecule has 2 aromatic rings. The molecule has 0 aliphatic heterocycles. The smallest absolute Gasteiger partial charge is 0.125 e. The molecule has 0 amide bonds. The lowest BCUT2D eigenvalue weighted by atomic mass is 10.3. The predicted molar refractivity (Wildman–Crippen MR) is 48.0 cm³/mol. The van der Waals surface area contributed by atoms with Crippen LogP contribution in [0.5, 0.6) is 0 Å². The summed E-state index contributed by atoms with van der Waals surface area (Å²) < 4.78 is 2.07. The van der Waals surface area contributed by atoms with Crippen LogP contribution in [0.4, 0.5) is 0 Å². The van der Waals surface area contributed by atoms with Gasteiger partial charge >= 0.3 is 0 Å². The van der Waals surface area contributed by atoms with Gasteiger partial charge in [0.1, 0.15) is 5.82 Å². The second-order valence-electron chi connectivity index (χ2n) is 3.04. The van der Waals surface area contributed by atoms with Gasteiger partial charge < -0.3 is 4.57 Å². The Labute approximate surface area is 71.1 Å². The molecule has 12 heavy (non-hydrogen) atoms. The third-order valence-corrected chi connectivity index (χ3v) is 2.17. The quantitative estimate of drug-likeness (QED) is 0.587. The van der Waals surface area contributed by atoms with E-state index in [9.17, 15) is 0 Å². The number of hydrogen-bond acceptors (Lipinski definition) is 2. The molecular weight excluding hydrogens is 150 g/mol. The van der Waals surface area contributed by atoms with Crippen molar-refractivity contribution in [2.75, 3.05) is 0 Å². The molecule has 0 N–H and O–H groups in total. The van der Waals surface area contributed by atoms with Crippen LogP contribution in [0.1, 0.15) is 11.5 Å². The maximum Gasteiger partial charge on any atom is 0.125 e. The molecule has 3 heteroatoms. The number of aryl methyl sites for hydroxylation is 3. The maximum absolute atomic E-state index is 4.33. The van der Waals surface area contributed by atoms with Gasteiger partial charge in [-0.05, 0) is 13.8 Å². The zero-order chi connectivity index (χ0) is 8.72. The van der Waals surface area contributed by atoms with Gasteiger partial charge in [0.15, 0.2) is 0 Å². The van der Waals surface area contributed by atoms with Crippen molar-refractivity contribution in [1.82, 2.24) is 14.5 Å². The number of fused-ring (bicyclic) bond motifs is 1. The highest BCUT2D eigenvalue weighted by atomic mass is 15.0. The molecule has 0 unspecified atom stereocenters. The Morgan fingerprint density at radius 1 is 1.33 bits per heavy atom. The lowest BCUT2D eigenvalue weighted by molar-refractivity contribution is 0.888. The monoisotopic (exact) mass is 161 g/mol. The van der Waals surface area contributed by atoms with E-state index in [0.717, 1.165) is 16.7 Å². The van der Waals surface area contributed by atoms with Crippen molar-refractivity contribution >= 4 is 10.9 Å². The highest BCUT2D eigenvalue weighted by Gasteiger charge is 2.03. The molecule has 0 saturated carbocycles. The van der Waals surface area contributed by atoms with Crippen molar-refractivity contribution in [3.05, 3.63) is 23.9 Å². The molecule has 0 bridgehead atoms. The molecular formula is C9H11N3. The zero-order valence-corrected chi connectivity index (χ0v) is 7.50. The fourth-order valence-electron chi connectivity index (χ4n) is 1.33. The predicted octanol–water partition coefficient (Wildman–Crippen LogP) is 1.59. The second kappa shape index (κ2) is 2.30. The number of rotatable bonds is 0. The van der Waals surface area contributed by atoms with E-state index in [2.05, 4.69) is 21.5 Å².